The standard InChI is InChI=1S/C22H24ClN3O2/c1-4-16-13-26-19(11-17-18(23)9-10-20(28-16)21(17)26)22(27)24-12-14-5-7-15(8-6-14)25(2)3/h5-11,16H,4,12-13H2,1-3H3,(H,24,27)/t16-/m1/s1. The van der Waals surface area contributed by atoms with Gasteiger partial charge >= 0.3 is 0 Å². The van der Waals surface area contributed by atoms with Crippen LogP contribution in [-0.4, -0.2) is 30.7 Å². The maximum atomic E-state index is 13.0. The molecule has 0 aliphatic carbocycles. The zero-order chi connectivity index (χ0) is 19.8. The van der Waals surface area contributed by atoms with Crippen LogP contribution < -0.4 is 15.0 Å². The third-order valence-electron chi connectivity index (χ3n) is 5.24. The Bertz CT molecular complexity index is 1020. The fourth-order valence-corrected chi connectivity index (χ4v) is 3.81. The number of rotatable bonds is 5. The van der Waals surface area contributed by atoms with Crippen LogP contribution in [-0.2, 0) is 13.1 Å². The molecule has 0 spiro atoms. The summed E-state index contributed by atoms with van der Waals surface area (Å²) in [5.41, 5.74) is 3.71. The normalized spacial score (nSPS) is 15.4. The molecule has 0 saturated heterocycles. The van der Waals surface area contributed by atoms with Crippen molar-refractivity contribution >= 4 is 34.1 Å². The predicted octanol–water partition coefficient (Wildman–Crippen LogP) is 4.46. The van der Waals surface area contributed by atoms with E-state index in [1.54, 1.807) is 0 Å². The molecule has 3 aromatic rings. The topological polar surface area (TPSA) is 46.5 Å². The molecule has 1 amide bonds. The van der Waals surface area contributed by atoms with Crippen LogP contribution in [0.3, 0.4) is 0 Å². The van der Waals surface area contributed by atoms with Crippen LogP contribution in [0.25, 0.3) is 10.9 Å². The Balaban J connectivity index is 1.60. The number of ether oxygens (including phenoxy) is 1. The lowest BCUT2D eigenvalue weighted by Gasteiger charge is -2.26. The minimum absolute atomic E-state index is 0.0504. The fourth-order valence-electron chi connectivity index (χ4n) is 3.60. The summed E-state index contributed by atoms with van der Waals surface area (Å²) in [5.74, 6) is 0.683. The number of carbonyl (C=O) groups is 1. The molecule has 146 valence electrons. The van der Waals surface area contributed by atoms with E-state index in [1.165, 1.54) is 0 Å². The highest BCUT2D eigenvalue weighted by atomic mass is 35.5. The van der Waals surface area contributed by atoms with Gasteiger partial charge in [0.2, 0.25) is 0 Å². The van der Waals surface area contributed by atoms with Crippen LogP contribution in [0.2, 0.25) is 5.02 Å². The van der Waals surface area contributed by atoms with Crippen molar-refractivity contribution in [2.45, 2.75) is 32.5 Å². The van der Waals surface area contributed by atoms with Crippen molar-refractivity contribution in [2.75, 3.05) is 19.0 Å². The van der Waals surface area contributed by atoms with Gasteiger partial charge in [-0.1, -0.05) is 30.7 Å². The van der Waals surface area contributed by atoms with Crippen LogP contribution in [0.4, 0.5) is 5.69 Å². The van der Waals surface area contributed by atoms with Gasteiger partial charge in [0.15, 0.2) is 0 Å². The molecule has 0 saturated carbocycles. The summed E-state index contributed by atoms with van der Waals surface area (Å²) in [6.45, 7) is 3.21. The smallest absolute Gasteiger partial charge is 0.268 e. The van der Waals surface area contributed by atoms with Gasteiger partial charge in [0.1, 0.15) is 17.5 Å². The minimum Gasteiger partial charge on any atom is -0.486 e. The van der Waals surface area contributed by atoms with E-state index in [4.69, 9.17) is 16.3 Å². The molecule has 0 unspecified atom stereocenters. The first kappa shape index (κ1) is 18.7. The number of halogens is 1. The summed E-state index contributed by atoms with van der Waals surface area (Å²) in [6.07, 6.45) is 0.926. The van der Waals surface area contributed by atoms with Crippen molar-refractivity contribution < 1.29 is 9.53 Å². The first-order valence-corrected chi connectivity index (χ1v) is 9.88. The molecular weight excluding hydrogens is 374 g/mol. The lowest BCUT2D eigenvalue weighted by atomic mass is 10.2. The Morgan fingerprint density at radius 1 is 1.25 bits per heavy atom. The molecule has 1 aliphatic rings. The molecule has 0 bridgehead atoms. The van der Waals surface area contributed by atoms with Crippen LogP contribution in [0.15, 0.2) is 42.5 Å². The number of carbonyl (C=O) groups excluding carboxylic acids is 1. The van der Waals surface area contributed by atoms with E-state index >= 15 is 0 Å². The summed E-state index contributed by atoms with van der Waals surface area (Å²) < 4.78 is 8.09. The number of aromatic nitrogens is 1. The highest BCUT2D eigenvalue weighted by Gasteiger charge is 2.26. The fraction of sp³-hybridized carbons (Fsp3) is 0.318. The average Bonchev–Trinajstić information content (AvgIpc) is 3.10. The van der Waals surface area contributed by atoms with Gasteiger partial charge in [-0.25, -0.2) is 0 Å². The van der Waals surface area contributed by atoms with Crippen molar-refractivity contribution in [2.24, 2.45) is 0 Å². The number of hydrogen-bond acceptors (Lipinski definition) is 3. The lowest BCUT2D eigenvalue weighted by Crippen LogP contribution is -2.31. The van der Waals surface area contributed by atoms with Crippen molar-refractivity contribution in [3.05, 3.63) is 58.7 Å². The zero-order valence-electron chi connectivity index (χ0n) is 16.3. The number of nitrogens with one attached hydrogen (secondary N) is 1. The maximum absolute atomic E-state index is 13.0. The van der Waals surface area contributed by atoms with Gasteiger partial charge in [-0.15, -0.1) is 0 Å². The molecule has 1 N–H and O–H groups in total. The molecule has 2 heterocycles. The Kier molecular flexibility index (Phi) is 4.94. The van der Waals surface area contributed by atoms with E-state index in [0.29, 0.717) is 23.8 Å². The number of benzene rings is 2. The summed E-state index contributed by atoms with van der Waals surface area (Å²) >= 11 is 6.38. The minimum atomic E-state index is -0.105. The average molecular weight is 398 g/mol. The SMILES string of the molecule is CC[C@@H]1Cn2c(C(=O)NCc3ccc(N(C)C)cc3)cc3c(Cl)ccc(c32)O1. The predicted molar refractivity (Wildman–Crippen MR) is 114 cm³/mol. The number of amides is 1. The third kappa shape index (κ3) is 3.31. The van der Waals surface area contributed by atoms with Crippen molar-refractivity contribution in [1.82, 2.24) is 9.88 Å². The summed E-state index contributed by atoms with van der Waals surface area (Å²) in [4.78, 5) is 15.0. The molecule has 1 atom stereocenters. The van der Waals surface area contributed by atoms with Gasteiger partial charge in [0.05, 0.1) is 17.1 Å². The van der Waals surface area contributed by atoms with Crippen LogP contribution in [0.1, 0.15) is 29.4 Å². The molecule has 2 aromatic carbocycles. The van der Waals surface area contributed by atoms with Gasteiger partial charge in [0, 0.05) is 31.7 Å². The molecule has 0 radical (unpaired) electrons. The third-order valence-corrected chi connectivity index (χ3v) is 5.57. The van der Waals surface area contributed by atoms with Gasteiger partial charge < -0.3 is 19.5 Å². The largest absolute Gasteiger partial charge is 0.486 e. The molecule has 6 heteroatoms. The van der Waals surface area contributed by atoms with Gasteiger partial charge in [0.25, 0.3) is 5.91 Å². The zero-order valence-corrected chi connectivity index (χ0v) is 17.1. The monoisotopic (exact) mass is 397 g/mol. The summed E-state index contributed by atoms with van der Waals surface area (Å²) in [7, 11) is 4.01. The van der Waals surface area contributed by atoms with Gasteiger partial charge in [-0.3, -0.25) is 4.79 Å². The maximum Gasteiger partial charge on any atom is 0.268 e. The number of nitrogens with zero attached hydrogens (tertiary/aromatic N) is 2. The molecule has 28 heavy (non-hydrogen) atoms. The first-order chi connectivity index (χ1) is 13.5. The van der Waals surface area contributed by atoms with E-state index in [0.717, 1.165) is 34.3 Å². The highest BCUT2D eigenvalue weighted by molar-refractivity contribution is 6.36. The molecule has 0 fully saturated rings. The second-order valence-corrected chi connectivity index (χ2v) is 7.75. The van der Waals surface area contributed by atoms with Crippen molar-refractivity contribution in [1.29, 1.82) is 0 Å². The highest BCUT2D eigenvalue weighted by Crippen LogP contribution is 2.38. The molecule has 1 aromatic heterocycles. The molecule has 4 rings (SSSR count). The lowest BCUT2D eigenvalue weighted by molar-refractivity contribution is 0.0935. The van der Waals surface area contributed by atoms with Crippen LogP contribution >= 0.6 is 11.6 Å². The Morgan fingerprint density at radius 3 is 2.68 bits per heavy atom. The van der Waals surface area contributed by atoms with E-state index in [9.17, 15) is 4.79 Å². The van der Waals surface area contributed by atoms with E-state index in [-0.39, 0.29) is 12.0 Å². The number of hydrogen-bond donors (Lipinski definition) is 1. The molecular formula is C22H24ClN3O2. The second kappa shape index (κ2) is 7.40. The number of anilines is 1. The Morgan fingerprint density at radius 2 is 2.00 bits per heavy atom. The molecule has 1 aliphatic heterocycles. The van der Waals surface area contributed by atoms with E-state index in [1.807, 2.05) is 66.0 Å². The van der Waals surface area contributed by atoms with Crippen LogP contribution in [0, 0.1) is 0 Å². The second-order valence-electron chi connectivity index (χ2n) is 7.34. The van der Waals surface area contributed by atoms with E-state index < -0.39 is 0 Å². The Hall–Kier alpha value is -2.66. The van der Waals surface area contributed by atoms with E-state index in [2.05, 4.69) is 12.2 Å². The summed E-state index contributed by atoms with van der Waals surface area (Å²) in [5, 5.41) is 4.52. The van der Waals surface area contributed by atoms with Crippen molar-refractivity contribution in [3.63, 3.8) is 0 Å². The Labute approximate surface area is 169 Å². The van der Waals surface area contributed by atoms with Crippen molar-refractivity contribution in [3.8, 4) is 5.75 Å². The summed E-state index contributed by atoms with van der Waals surface area (Å²) in [6, 6.07) is 13.7. The van der Waals surface area contributed by atoms with Gasteiger partial charge in [-0.05, 0) is 42.3 Å². The first-order valence-electron chi connectivity index (χ1n) is 9.50. The van der Waals surface area contributed by atoms with Crippen LogP contribution in [0.5, 0.6) is 5.75 Å². The quantitative estimate of drug-likeness (QED) is 0.691. The van der Waals surface area contributed by atoms with Gasteiger partial charge in [-0.2, -0.15) is 0 Å². The molecule has 5 nitrogen and oxygen atoms in total.